The highest BCUT2D eigenvalue weighted by atomic mass is 16.4. The summed E-state index contributed by atoms with van der Waals surface area (Å²) in [5.74, 6) is 0. The van der Waals surface area contributed by atoms with Crippen LogP contribution in [-0.2, 0) is 0 Å². The van der Waals surface area contributed by atoms with Gasteiger partial charge in [0.05, 0.1) is 12.2 Å². The predicted molar refractivity (Wildman–Crippen MR) is 45.7 cm³/mol. The third-order valence-electron chi connectivity index (χ3n) is 2.54. The summed E-state index contributed by atoms with van der Waals surface area (Å²) in [6.45, 7) is 0. The van der Waals surface area contributed by atoms with Crippen LogP contribution in [-0.4, -0.2) is 33.6 Å². The minimum absolute atomic E-state index is 0.609. The molecule has 0 aromatic heterocycles. The van der Waals surface area contributed by atoms with E-state index in [2.05, 4.69) is 0 Å². The average Bonchev–Trinajstić information content (AvgIpc) is 2.12. The largest absolute Gasteiger partial charge is 0.390 e. The highest BCUT2D eigenvalue weighted by Crippen LogP contribution is 2.17. The van der Waals surface area contributed by atoms with E-state index in [1.807, 2.05) is 0 Å². The summed E-state index contributed by atoms with van der Waals surface area (Å²) in [7, 11) is 0. The second-order valence-electron chi connectivity index (χ2n) is 3.62. The lowest BCUT2D eigenvalue weighted by molar-refractivity contribution is -0.0630. The van der Waals surface area contributed by atoms with Gasteiger partial charge in [-0.25, -0.2) is 0 Å². The molecule has 12 heavy (non-hydrogen) atoms. The van der Waals surface area contributed by atoms with E-state index in [1.54, 1.807) is 0 Å². The van der Waals surface area contributed by atoms with E-state index in [-0.39, 0.29) is 0 Å². The Balaban J connectivity index is 2.44. The summed E-state index contributed by atoms with van der Waals surface area (Å²) in [5.41, 5.74) is 0. The summed E-state index contributed by atoms with van der Waals surface area (Å²) >= 11 is 0. The highest BCUT2D eigenvalue weighted by molar-refractivity contribution is 4.76. The molecule has 0 heterocycles. The van der Waals surface area contributed by atoms with Gasteiger partial charge < -0.3 is 15.3 Å². The Morgan fingerprint density at radius 2 is 1.08 bits per heavy atom. The fourth-order valence-corrected chi connectivity index (χ4v) is 1.66. The van der Waals surface area contributed by atoms with Gasteiger partial charge in [0.1, 0.15) is 6.10 Å². The van der Waals surface area contributed by atoms with Gasteiger partial charge in [0.2, 0.25) is 0 Å². The fourth-order valence-electron chi connectivity index (χ4n) is 1.66. The first-order chi connectivity index (χ1) is 5.72. The Bertz CT molecular complexity index is 113. The zero-order valence-electron chi connectivity index (χ0n) is 7.32. The van der Waals surface area contributed by atoms with Crippen molar-refractivity contribution in [3.63, 3.8) is 0 Å². The molecule has 1 rings (SSSR count). The van der Waals surface area contributed by atoms with Gasteiger partial charge in [-0.3, -0.25) is 0 Å². The second-order valence-corrected chi connectivity index (χ2v) is 3.62. The SMILES string of the molecule is OC1[C@H](O)CCCCCC[C@@H]1O. The molecule has 0 amide bonds. The molecule has 1 saturated carbocycles. The lowest BCUT2D eigenvalue weighted by Gasteiger charge is -2.21. The van der Waals surface area contributed by atoms with Crippen LogP contribution in [0.1, 0.15) is 38.5 Å². The molecule has 3 atom stereocenters. The van der Waals surface area contributed by atoms with Gasteiger partial charge in [-0.1, -0.05) is 25.7 Å². The maximum absolute atomic E-state index is 9.38. The van der Waals surface area contributed by atoms with E-state index in [1.165, 1.54) is 0 Å². The molecule has 0 aromatic rings. The van der Waals surface area contributed by atoms with Gasteiger partial charge in [-0.05, 0) is 12.8 Å². The summed E-state index contributed by atoms with van der Waals surface area (Å²) in [6, 6.07) is 0. The molecule has 0 radical (unpaired) electrons. The van der Waals surface area contributed by atoms with Crippen molar-refractivity contribution in [2.24, 2.45) is 0 Å². The first-order valence-electron chi connectivity index (χ1n) is 4.76. The Morgan fingerprint density at radius 3 is 1.50 bits per heavy atom. The topological polar surface area (TPSA) is 60.7 Å². The Hall–Kier alpha value is -0.120. The van der Waals surface area contributed by atoms with Crippen molar-refractivity contribution in [1.29, 1.82) is 0 Å². The highest BCUT2D eigenvalue weighted by Gasteiger charge is 2.24. The van der Waals surface area contributed by atoms with E-state index in [4.69, 9.17) is 0 Å². The van der Waals surface area contributed by atoms with Crippen LogP contribution in [0.3, 0.4) is 0 Å². The smallest absolute Gasteiger partial charge is 0.106 e. The van der Waals surface area contributed by atoms with Crippen LogP contribution >= 0.6 is 0 Å². The van der Waals surface area contributed by atoms with Crippen LogP contribution in [0.25, 0.3) is 0 Å². The van der Waals surface area contributed by atoms with Gasteiger partial charge in [0.25, 0.3) is 0 Å². The maximum atomic E-state index is 9.38. The van der Waals surface area contributed by atoms with E-state index >= 15 is 0 Å². The molecular weight excluding hydrogens is 156 g/mol. The average molecular weight is 174 g/mol. The molecule has 1 fully saturated rings. The summed E-state index contributed by atoms with van der Waals surface area (Å²) < 4.78 is 0. The number of hydrogen-bond acceptors (Lipinski definition) is 3. The Morgan fingerprint density at radius 1 is 0.667 bits per heavy atom. The molecule has 1 unspecified atom stereocenters. The van der Waals surface area contributed by atoms with Gasteiger partial charge in [0.15, 0.2) is 0 Å². The van der Waals surface area contributed by atoms with E-state index in [0.717, 1.165) is 25.7 Å². The van der Waals surface area contributed by atoms with Gasteiger partial charge >= 0.3 is 0 Å². The van der Waals surface area contributed by atoms with E-state index in [9.17, 15) is 15.3 Å². The number of rotatable bonds is 0. The molecule has 3 N–H and O–H groups in total. The van der Waals surface area contributed by atoms with Crippen molar-refractivity contribution in [3.8, 4) is 0 Å². The lowest BCUT2D eigenvalue weighted by Crippen LogP contribution is -2.36. The van der Waals surface area contributed by atoms with Crippen LogP contribution in [0.15, 0.2) is 0 Å². The molecule has 3 heteroatoms. The second kappa shape index (κ2) is 4.80. The van der Waals surface area contributed by atoms with Crippen molar-refractivity contribution in [1.82, 2.24) is 0 Å². The molecule has 0 aromatic carbocycles. The van der Waals surface area contributed by atoms with Gasteiger partial charge in [-0.2, -0.15) is 0 Å². The summed E-state index contributed by atoms with van der Waals surface area (Å²) in [4.78, 5) is 0. The minimum Gasteiger partial charge on any atom is -0.390 e. The number of aliphatic hydroxyl groups is 3. The molecule has 72 valence electrons. The molecule has 0 spiro atoms. The first-order valence-corrected chi connectivity index (χ1v) is 4.76. The quantitative estimate of drug-likeness (QED) is 0.499. The maximum Gasteiger partial charge on any atom is 0.106 e. The fraction of sp³-hybridized carbons (Fsp3) is 1.00. The molecule has 0 bridgehead atoms. The molecule has 0 saturated heterocycles. The normalized spacial score (nSPS) is 39.8. The third-order valence-corrected chi connectivity index (χ3v) is 2.54. The molecular formula is C9H18O3. The van der Waals surface area contributed by atoms with Crippen molar-refractivity contribution in [3.05, 3.63) is 0 Å². The van der Waals surface area contributed by atoms with Crippen LogP contribution in [0.4, 0.5) is 0 Å². The third kappa shape index (κ3) is 2.73. The standard InChI is InChI=1S/C9H18O3/c10-7-5-3-1-2-4-6-8(11)9(7)12/h7-12H,1-6H2/t7-,8+,9?. The van der Waals surface area contributed by atoms with Crippen molar-refractivity contribution >= 4 is 0 Å². The molecule has 1 aliphatic rings. The number of hydrogen-bond donors (Lipinski definition) is 3. The van der Waals surface area contributed by atoms with Crippen LogP contribution in [0.2, 0.25) is 0 Å². The van der Waals surface area contributed by atoms with Crippen molar-refractivity contribution in [2.45, 2.75) is 56.8 Å². The van der Waals surface area contributed by atoms with Crippen molar-refractivity contribution in [2.75, 3.05) is 0 Å². The Labute approximate surface area is 73.0 Å². The van der Waals surface area contributed by atoms with Gasteiger partial charge in [-0.15, -0.1) is 0 Å². The van der Waals surface area contributed by atoms with Crippen LogP contribution in [0, 0.1) is 0 Å². The zero-order valence-corrected chi connectivity index (χ0v) is 7.32. The van der Waals surface area contributed by atoms with E-state index in [0.29, 0.717) is 12.8 Å². The lowest BCUT2D eigenvalue weighted by atomic mass is 10.0. The molecule has 3 nitrogen and oxygen atoms in total. The number of aliphatic hydroxyl groups excluding tert-OH is 3. The summed E-state index contributed by atoms with van der Waals surface area (Å²) in [5, 5.41) is 28.1. The summed E-state index contributed by atoms with van der Waals surface area (Å²) in [6.07, 6.45) is 2.89. The molecule has 0 aliphatic heterocycles. The van der Waals surface area contributed by atoms with Crippen LogP contribution < -0.4 is 0 Å². The zero-order chi connectivity index (χ0) is 8.97. The first kappa shape index (κ1) is 9.96. The molecule has 1 aliphatic carbocycles. The van der Waals surface area contributed by atoms with E-state index < -0.39 is 18.3 Å². The van der Waals surface area contributed by atoms with Crippen molar-refractivity contribution < 1.29 is 15.3 Å². The predicted octanol–water partition coefficient (Wildman–Crippen LogP) is 0.423. The minimum atomic E-state index is -0.942. The van der Waals surface area contributed by atoms with Gasteiger partial charge in [0, 0.05) is 0 Å². The Kier molecular flexibility index (Phi) is 3.98. The monoisotopic (exact) mass is 174 g/mol. The van der Waals surface area contributed by atoms with Crippen LogP contribution in [0.5, 0.6) is 0 Å².